The number of hydrogen-bond donors (Lipinski definition) is 2. The Morgan fingerprint density at radius 2 is 1.67 bits per heavy atom. The van der Waals surface area contributed by atoms with Gasteiger partial charge in [-0.3, -0.25) is 19.2 Å². The second kappa shape index (κ2) is 10.1. The monoisotopic (exact) mass is 600 g/mol. The molecule has 11 atom stereocenters. The molecule has 0 amide bonds. The summed E-state index contributed by atoms with van der Waals surface area (Å²) in [7, 11) is 0. The van der Waals surface area contributed by atoms with Crippen molar-refractivity contribution in [3.63, 3.8) is 0 Å². The summed E-state index contributed by atoms with van der Waals surface area (Å²) in [4.78, 5) is 51.1. The van der Waals surface area contributed by atoms with E-state index >= 15 is 0 Å². The molecule has 9 heteroatoms. The first-order valence-corrected chi connectivity index (χ1v) is 15.6. The summed E-state index contributed by atoms with van der Waals surface area (Å²) in [5.74, 6) is -2.44. The Morgan fingerprint density at radius 1 is 1.05 bits per heavy atom. The van der Waals surface area contributed by atoms with Crippen LogP contribution in [-0.4, -0.2) is 63.9 Å². The van der Waals surface area contributed by atoms with Gasteiger partial charge in [-0.15, -0.1) is 0 Å². The molecule has 0 aromatic carbocycles. The third-order valence-electron chi connectivity index (χ3n) is 12.0. The molecule has 43 heavy (non-hydrogen) atoms. The van der Waals surface area contributed by atoms with E-state index < -0.39 is 69.7 Å². The Hall–Kier alpha value is -2.36. The maximum Gasteiger partial charge on any atom is 0.304 e. The molecule has 0 aromatic heterocycles. The number of aliphatic hydroxyl groups excluding tert-OH is 1. The molecule has 0 radical (unpaired) electrons. The van der Waals surface area contributed by atoms with Crippen LogP contribution in [0.3, 0.4) is 0 Å². The number of fused-ring (bicyclic) bond motifs is 5. The van der Waals surface area contributed by atoms with Crippen LogP contribution in [0.5, 0.6) is 0 Å². The molecule has 0 aromatic rings. The van der Waals surface area contributed by atoms with E-state index in [1.807, 2.05) is 19.9 Å². The van der Waals surface area contributed by atoms with Crippen molar-refractivity contribution < 1.29 is 43.6 Å². The minimum atomic E-state index is -1.46. The molecule has 1 heterocycles. The van der Waals surface area contributed by atoms with Gasteiger partial charge in [0.15, 0.2) is 11.6 Å². The summed E-state index contributed by atoms with van der Waals surface area (Å²) in [6.07, 6.45) is 3.67. The second-order valence-electron chi connectivity index (χ2n) is 15.6. The molecular weight excluding hydrogens is 552 g/mol. The van der Waals surface area contributed by atoms with E-state index in [9.17, 15) is 29.4 Å². The average molecular weight is 601 g/mol. The Morgan fingerprint density at radius 3 is 2.26 bits per heavy atom. The molecule has 3 fully saturated rings. The molecule has 2 N–H and O–H groups in total. The number of rotatable bonds is 4. The lowest BCUT2D eigenvalue weighted by molar-refractivity contribution is -0.251. The van der Waals surface area contributed by atoms with Crippen LogP contribution >= 0.6 is 0 Å². The SMILES string of the molecule is CC(=O)O[C@H]1O[C@@H](C(C)(C)O)C(=O)C[C@@H]1[C@H]1CC=C2[C@@]3(C)[C@H]([C@H](O)C[C@@]21C)[C@@]1(C)C=CC(=O)C(C)(C)[C@@H]1C[C@H]3OC(C)=O. The molecule has 1 aliphatic heterocycles. The maximum atomic E-state index is 13.3. The molecule has 1 saturated heterocycles. The van der Waals surface area contributed by atoms with Crippen LogP contribution in [0.25, 0.3) is 0 Å². The summed E-state index contributed by atoms with van der Waals surface area (Å²) >= 11 is 0. The average Bonchev–Trinajstić information content (AvgIpc) is 3.20. The van der Waals surface area contributed by atoms with Crippen LogP contribution in [0.1, 0.15) is 88.0 Å². The molecule has 2 saturated carbocycles. The van der Waals surface area contributed by atoms with Crippen molar-refractivity contribution in [3.8, 4) is 0 Å². The van der Waals surface area contributed by atoms with Gasteiger partial charge in [0.2, 0.25) is 6.29 Å². The first-order chi connectivity index (χ1) is 19.7. The fourth-order valence-corrected chi connectivity index (χ4v) is 10.4. The van der Waals surface area contributed by atoms with E-state index in [-0.39, 0.29) is 35.7 Å². The zero-order chi connectivity index (χ0) is 32.1. The van der Waals surface area contributed by atoms with Gasteiger partial charge in [0.05, 0.1) is 11.7 Å². The van der Waals surface area contributed by atoms with Gasteiger partial charge < -0.3 is 24.4 Å². The molecule has 0 spiro atoms. The van der Waals surface area contributed by atoms with Gasteiger partial charge in [-0.25, -0.2) is 0 Å². The predicted molar refractivity (Wildman–Crippen MR) is 156 cm³/mol. The van der Waals surface area contributed by atoms with Gasteiger partial charge in [0.25, 0.3) is 0 Å². The summed E-state index contributed by atoms with van der Waals surface area (Å²) in [6.45, 7) is 15.8. The Balaban J connectivity index is 1.59. The fraction of sp³-hybridized carbons (Fsp3) is 0.765. The van der Waals surface area contributed by atoms with Gasteiger partial charge in [0.1, 0.15) is 12.2 Å². The van der Waals surface area contributed by atoms with Crippen molar-refractivity contribution in [2.75, 3.05) is 0 Å². The topological polar surface area (TPSA) is 136 Å². The van der Waals surface area contributed by atoms with E-state index in [1.54, 1.807) is 6.08 Å². The number of allylic oxidation sites excluding steroid dienone is 3. The lowest BCUT2D eigenvalue weighted by atomic mass is 9.37. The first-order valence-electron chi connectivity index (χ1n) is 15.6. The largest absolute Gasteiger partial charge is 0.462 e. The first kappa shape index (κ1) is 32.0. The van der Waals surface area contributed by atoms with Gasteiger partial charge in [-0.05, 0) is 61.9 Å². The Bertz CT molecular complexity index is 1290. The molecule has 4 aliphatic carbocycles. The van der Waals surface area contributed by atoms with Crippen molar-refractivity contribution in [2.45, 2.75) is 118 Å². The molecule has 0 bridgehead atoms. The Kier molecular flexibility index (Phi) is 7.51. The van der Waals surface area contributed by atoms with Gasteiger partial charge >= 0.3 is 11.9 Å². The number of carbonyl (C=O) groups excluding carboxylic acids is 4. The van der Waals surface area contributed by atoms with E-state index in [4.69, 9.17) is 14.2 Å². The fourth-order valence-electron chi connectivity index (χ4n) is 10.4. The van der Waals surface area contributed by atoms with E-state index in [1.165, 1.54) is 27.7 Å². The summed E-state index contributed by atoms with van der Waals surface area (Å²) in [6, 6.07) is 0. The highest BCUT2D eigenvalue weighted by Gasteiger charge is 2.71. The van der Waals surface area contributed by atoms with Crippen LogP contribution < -0.4 is 0 Å². The third-order valence-corrected chi connectivity index (χ3v) is 12.0. The molecular formula is C34H48O9. The highest BCUT2D eigenvalue weighted by atomic mass is 16.7. The quantitative estimate of drug-likeness (QED) is 0.361. The van der Waals surface area contributed by atoms with Gasteiger partial charge in [-0.1, -0.05) is 52.3 Å². The normalized spacial score (nSPS) is 45.4. The Labute approximate surface area is 254 Å². The van der Waals surface area contributed by atoms with Crippen molar-refractivity contribution in [3.05, 3.63) is 23.8 Å². The van der Waals surface area contributed by atoms with E-state index in [0.29, 0.717) is 19.3 Å². The molecule has 5 aliphatic rings. The highest BCUT2D eigenvalue weighted by molar-refractivity contribution is 5.95. The van der Waals surface area contributed by atoms with Gasteiger partial charge in [-0.2, -0.15) is 0 Å². The minimum Gasteiger partial charge on any atom is -0.462 e. The third kappa shape index (κ3) is 4.67. The van der Waals surface area contributed by atoms with Gasteiger partial charge in [0, 0.05) is 42.9 Å². The molecule has 5 rings (SSSR count). The second-order valence-corrected chi connectivity index (χ2v) is 15.6. The van der Waals surface area contributed by atoms with E-state index in [0.717, 1.165) is 5.57 Å². The summed E-state index contributed by atoms with van der Waals surface area (Å²) in [5.41, 5.74) is -3.06. The van der Waals surface area contributed by atoms with Crippen LogP contribution in [0.4, 0.5) is 0 Å². The number of Topliss-reactive ketones (excluding diaryl/α,β-unsaturated/α-hetero) is 1. The maximum absolute atomic E-state index is 13.3. The van der Waals surface area contributed by atoms with Crippen molar-refractivity contribution in [1.29, 1.82) is 0 Å². The predicted octanol–water partition coefficient (Wildman–Crippen LogP) is 4.08. The zero-order valence-electron chi connectivity index (χ0n) is 26.9. The van der Waals surface area contributed by atoms with Crippen LogP contribution in [0.2, 0.25) is 0 Å². The van der Waals surface area contributed by atoms with Crippen molar-refractivity contribution in [2.24, 2.45) is 45.3 Å². The zero-order valence-corrected chi connectivity index (χ0v) is 26.9. The van der Waals surface area contributed by atoms with Crippen LogP contribution in [0.15, 0.2) is 23.8 Å². The molecule has 238 valence electrons. The highest BCUT2D eigenvalue weighted by Crippen LogP contribution is 2.72. The van der Waals surface area contributed by atoms with Crippen molar-refractivity contribution >= 4 is 23.5 Å². The number of carbonyl (C=O) groups is 4. The number of aliphatic hydroxyl groups is 2. The smallest absolute Gasteiger partial charge is 0.304 e. The van der Waals surface area contributed by atoms with Crippen molar-refractivity contribution in [1.82, 2.24) is 0 Å². The number of hydrogen-bond acceptors (Lipinski definition) is 9. The summed E-state index contributed by atoms with van der Waals surface area (Å²) < 4.78 is 17.8. The van der Waals surface area contributed by atoms with Crippen LogP contribution in [-0.2, 0) is 33.4 Å². The lowest BCUT2D eigenvalue weighted by Gasteiger charge is -2.67. The number of esters is 2. The number of ether oxygens (including phenoxy) is 3. The van der Waals surface area contributed by atoms with Crippen LogP contribution in [0, 0.1) is 45.3 Å². The summed E-state index contributed by atoms with van der Waals surface area (Å²) in [5, 5.41) is 22.8. The molecule has 9 nitrogen and oxygen atoms in total. The number of ketones is 2. The minimum absolute atomic E-state index is 0.0262. The standard InChI is InChI=1S/C34H48O9/c1-17(35)41-26-15-24-30(3,4)25(39)12-13-32(24,7)27-22(38)16-33(8)20(10-11-23(33)34(26,27)9)19-14-21(37)28(31(5,6)40)43-29(19)42-18(2)36/h11-13,19-20,22,24,26-29,38,40H,10,14-16H2,1-9H3/t19-,20-,22-,24+,26-,27-,28-,29+,32+,33-,34-/m1/s1. The lowest BCUT2D eigenvalue weighted by Crippen LogP contribution is -2.68. The van der Waals surface area contributed by atoms with E-state index in [2.05, 4.69) is 26.8 Å². The molecule has 0 unspecified atom stereocenters.